The van der Waals surface area contributed by atoms with E-state index in [0.29, 0.717) is 25.7 Å². The number of carbonyl (C=O) groups excluding carboxylic acids is 3. The zero-order valence-electron chi connectivity index (χ0n) is 15.6. The third kappa shape index (κ3) is 3.31. The molecule has 0 radical (unpaired) electrons. The number of carbonyl (C=O) groups is 3. The van der Waals surface area contributed by atoms with Gasteiger partial charge in [-0.05, 0) is 49.2 Å². The molecule has 1 aliphatic carbocycles. The van der Waals surface area contributed by atoms with Crippen molar-refractivity contribution in [2.45, 2.75) is 31.7 Å². The van der Waals surface area contributed by atoms with Crippen LogP contribution in [0, 0.1) is 5.92 Å². The van der Waals surface area contributed by atoms with Gasteiger partial charge in [-0.15, -0.1) is 11.3 Å². The number of thiazole rings is 1. The highest BCUT2D eigenvalue weighted by Gasteiger charge is 2.44. The van der Waals surface area contributed by atoms with Crippen molar-refractivity contribution in [1.82, 2.24) is 9.88 Å². The van der Waals surface area contributed by atoms with Crippen molar-refractivity contribution in [3.05, 3.63) is 48.5 Å². The van der Waals surface area contributed by atoms with Crippen molar-refractivity contribution >= 4 is 45.0 Å². The largest absolute Gasteiger partial charge is 0.326 e. The molecule has 0 bridgehead atoms. The maximum atomic E-state index is 12.5. The molecule has 2 aliphatic rings. The first-order chi connectivity index (χ1) is 14.1. The molecule has 1 saturated heterocycles. The second-order valence-corrected chi connectivity index (χ2v) is 8.56. The van der Waals surface area contributed by atoms with Gasteiger partial charge in [-0.1, -0.05) is 12.1 Å². The zero-order valence-corrected chi connectivity index (χ0v) is 16.4. The van der Waals surface area contributed by atoms with Gasteiger partial charge in [-0.2, -0.15) is 0 Å². The normalized spacial score (nSPS) is 21.4. The number of aromatic nitrogens is 1. The van der Waals surface area contributed by atoms with E-state index in [2.05, 4.69) is 16.4 Å². The summed E-state index contributed by atoms with van der Waals surface area (Å²) >= 11 is 1.64. The van der Waals surface area contributed by atoms with E-state index < -0.39 is 0 Å². The summed E-state index contributed by atoms with van der Waals surface area (Å²) in [6.07, 6.45) is 1.70. The van der Waals surface area contributed by atoms with Crippen LogP contribution in [0.2, 0.25) is 0 Å². The molecule has 2 fully saturated rings. The number of para-hydroxylation sites is 1. The van der Waals surface area contributed by atoms with Gasteiger partial charge in [0.1, 0.15) is 5.01 Å². The summed E-state index contributed by atoms with van der Waals surface area (Å²) in [6.45, 7) is 0. The molecule has 2 heterocycles. The maximum absolute atomic E-state index is 12.5. The molecule has 0 spiro atoms. The van der Waals surface area contributed by atoms with Crippen LogP contribution in [0.4, 0.5) is 5.69 Å². The fraction of sp³-hybridized carbons (Fsp3) is 0.273. The van der Waals surface area contributed by atoms with Crippen LogP contribution in [0.15, 0.2) is 48.5 Å². The Bertz CT molecular complexity index is 1070. The summed E-state index contributed by atoms with van der Waals surface area (Å²) in [5.74, 6) is -0.438. The van der Waals surface area contributed by atoms with Crippen molar-refractivity contribution < 1.29 is 14.4 Å². The van der Waals surface area contributed by atoms with Crippen LogP contribution >= 0.6 is 11.3 Å². The average Bonchev–Trinajstić information content (AvgIpc) is 3.26. The molecule has 6 nitrogen and oxygen atoms in total. The lowest BCUT2D eigenvalue weighted by Crippen LogP contribution is -2.50. The van der Waals surface area contributed by atoms with Gasteiger partial charge in [-0.3, -0.25) is 19.3 Å². The maximum Gasteiger partial charge on any atom is 0.229 e. The van der Waals surface area contributed by atoms with Crippen LogP contribution in [-0.4, -0.2) is 33.6 Å². The first-order valence-corrected chi connectivity index (χ1v) is 10.5. The van der Waals surface area contributed by atoms with E-state index in [1.54, 1.807) is 11.3 Å². The summed E-state index contributed by atoms with van der Waals surface area (Å²) in [4.78, 5) is 42.1. The lowest BCUT2D eigenvalue weighted by atomic mass is 9.78. The average molecular weight is 405 g/mol. The molecule has 3 aromatic rings. The van der Waals surface area contributed by atoms with Crippen LogP contribution < -0.4 is 5.32 Å². The summed E-state index contributed by atoms with van der Waals surface area (Å²) in [6, 6.07) is 15.6. The number of nitrogens with zero attached hydrogens (tertiary/aromatic N) is 2. The molecule has 0 unspecified atom stereocenters. The monoisotopic (exact) mass is 405 g/mol. The number of rotatable bonds is 4. The van der Waals surface area contributed by atoms with Crippen molar-refractivity contribution in [2.24, 2.45) is 5.92 Å². The number of fused-ring (bicyclic) bond motifs is 1. The highest BCUT2D eigenvalue weighted by atomic mass is 32.1. The molecule has 5 rings (SSSR count). The van der Waals surface area contributed by atoms with Gasteiger partial charge in [0.15, 0.2) is 0 Å². The van der Waals surface area contributed by atoms with Gasteiger partial charge in [0, 0.05) is 36.1 Å². The number of nitrogens with one attached hydrogen (secondary N) is 1. The highest BCUT2D eigenvalue weighted by Crippen LogP contribution is 2.36. The molecule has 1 aliphatic heterocycles. The summed E-state index contributed by atoms with van der Waals surface area (Å²) in [5, 5.41) is 3.89. The number of benzene rings is 2. The van der Waals surface area contributed by atoms with Gasteiger partial charge in [-0.25, -0.2) is 4.98 Å². The number of anilines is 1. The predicted molar refractivity (Wildman–Crippen MR) is 111 cm³/mol. The van der Waals surface area contributed by atoms with Gasteiger partial charge in [0.2, 0.25) is 17.7 Å². The SMILES string of the molecule is O=C1CCC(=O)N1[C@H]1C[C@H](C(=O)Nc2ccc(-c3nc4ccccc4s3)cc2)C1. The second-order valence-electron chi connectivity index (χ2n) is 7.53. The van der Waals surface area contributed by atoms with Gasteiger partial charge in [0.05, 0.1) is 10.2 Å². The number of imide groups is 1. The molecule has 7 heteroatoms. The lowest BCUT2D eigenvalue weighted by Gasteiger charge is -2.39. The van der Waals surface area contributed by atoms with E-state index in [0.717, 1.165) is 26.5 Å². The number of hydrogen-bond donors (Lipinski definition) is 1. The van der Waals surface area contributed by atoms with E-state index in [9.17, 15) is 14.4 Å². The number of hydrogen-bond acceptors (Lipinski definition) is 5. The molecule has 3 amide bonds. The standard InChI is InChI=1S/C22H19N3O3S/c26-19-9-10-20(27)25(19)16-11-14(12-16)21(28)23-15-7-5-13(6-8-15)22-24-17-3-1-2-4-18(17)29-22/h1-8,14,16H,9-12H2,(H,23,28)/t14-,16-. The molecule has 0 atom stereocenters. The summed E-state index contributed by atoms with van der Waals surface area (Å²) in [7, 11) is 0. The van der Waals surface area contributed by atoms with Crippen LogP contribution in [-0.2, 0) is 14.4 Å². The Morgan fingerprint density at radius 2 is 1.69 bits per heavy atom. The van der Waals surface area contributed by atoms with Gasteiger partial charge < -0.3 is 5.32 Å². The first kappa shape index (κ1) is 18.0. The van der Waals surface area contributed by atoms with E-state index in [1.807, 2.05) is 42.5 Å². The smallest absolute Gasteiger partial charge is 0.229 e. The van der Waals surface area contributed by atoms with E-state index in [-0.39, 0.29) is 29.7 Å². The van der Waals surface area contributed by atoms with Crippen molar-refractivity contribution in [3.63, 3.8) is 0 Å². The predicted octanol–water partition coefficient (Wildman–Crippen LogP) is 3.83. The van der Waals surface area contributed by atoms with Crippen LogP contribution in [0.5, 0.6) is 0 Å². The Morgan fingerprint density at radius 3 is 2.38 bits per heavy atom. The Hall–Kier alpha value is -3.06. The fourth-order valence-electron chi connectivity index (χ4n) is 3.95. The van der Waals surface area contributed by atoms with E-state index in [4.69, 9.17) is 0 Å². The number of likely N-dealkylation sites (tertiary alicyclic amines) is 1. The van der Waals surface area contributed by atoms with Crippen LogP contribution in [0.1, 0.15) is 25.7 Å². The number of amides is 3. The lowest BCUT2D eigenvalue weighted by molar-refractivity contribution is -0.146. The minimum absolute atomic E-state index is 0.0620. The fourth-order valence-corrected chi connectivity index (χ4v) is 4.92. The van der Waals surface area contributed by atoms with Crippen molar-refractivity contribution in [2.75, 3.05) is 5.32 Å². The molecule has 2 aromatic carbocycles. The first-order valence-electron chi connectivity index (χ1n) is 9.70. The molecular weight excluding hydrogens is 386 g/mol. The Labute approximate surface area is 171 Å². The molecule has 1 aromatic heterocycles. The van der Waals surface area contributed by atoms with Gasteiger partial charge in [0.25, 0.3) is 0 Å². The third-order valence-corrected chi connectivity index (χ3v) is 6.72. The third-order valence-electron chi connectivity index (χ3n) is 5.63. The van der Waals surface area contributed by atoms with E-state index in [1.165, 1.54) is 4.90 Å². The van der Waals surface area contributed by atoms with Crippen LogP contribution in [0.3, 0.4) is 0 Å². The second kappa shape index (κ2) is 7.08. The Kier molecular flexibility index (Phi) is 4.39. The quantitative estimate of drug-likeness (QED) is 0.669. The van der Waals surface area contributed by atoms with Gasteiger partial charge >= 0.3 is 0 Å². The highest BCUT2D eigenvalue weighted by molar-refractivity contribution is 7.21. The Morgan fingerprint density at radius 1 is 1.00 bits per heavy atom. The minimum atomic E-state index is -0.162. The topological polar surface area (TPSA) is 79.4 Å². The molecule has 1 saturated carbocycles. The van der Waals surface area contributed by atoms with E-state index >= 15 is 0 Å². The molecule has 29 heavy (non-hydrogen) atoms. The summed E-state index contributed by atoms with van der Waals surface area (Å²) in [5.41, 5.74) is 2.73. The van der Waals surface area contributed by atoms with Crippen molar-refractivity contribution in [1.29, 1.82) is 0 Å². The minimum Gasteiger partial charge on any atom is -0.326 e. The van der Waals surface area contributed by atoms with Crippen molar-refractivity contribution in [3.8, 4) is 10.6 Å². The molecule has 146 valence electrons. The summed E-state index contributed by atoms with van der Waals surface area (Å²) < 4.78 is 1.15. The molecule has 1 N–H and O–H groups in total. The van der Waals surface area contributed by atoms with Crippen LogP contribution in [0.25, 0.3) is 20.8 Å². The zero-order chi connectivity index (χ0) is 20.0. The molecular formula is C22H19N3O3S. The Balaban J connectivity index is 1.21.